The Hall–Kier alpha value is -1.79. The van der Waals surface area contributed by atoms with Crippen molar-refractivity contribution in [2.45, 2.75) is 13.3 Å². The Morgan fingerprint density at radius 3 is 2.80 bits per heavy atom. The summed E-state index contributed by atoms with van der Waals surface area (Å²) in [5, 5.41) is 11.2. The van der Waals surface area contributed by atoms with E-state index in [2.05, 4.69) is 5.32 Å². The highest BCUT2D eigenvalue weighted by Gasteiger charge is 2.08. The molecule has 4 N–H and O–H groups in total. The van der Waals surface area contributed by atoms with Crippen LogP contribution in [-0.4, -0.2) is 44.0 Å². The number of benzene rings is 1. The summed E-state index contributed by atoms with van der Waals surface area (Å²) in [6.45, 7) is 3.59. The summed E-state index contributed by atoms with van der Waals surface area (Å²) in [5.74, 6) is 0.376. The fourth-order valence-electron chi connectivity index (χ4n) is 1.54. The van der Waals surface area contributed by atoms with Crippen LogP contribution in [-0.2, 0) is 4.74 Å². The van der Waals surface area contributed by atoms with Gasteiger partial charge in [-0.1, -0.05) is 6.92 Å². The summed E-state index contributed by atoms with van der Waals surface area (Å²) in [6, 6.07) is 4.96. The Morgan fingerprint density at radius 1 is 1.35 bits per heavy atom. The Labute approximate surface area is 118 Å². The minimum absolute atomic E-state index is 0.0241. The van der Waals surface area contributed by atoms with Gasteiger partial charge in [0, 0.05) is 12.1 Å². The maximum atomic E-state index is 11.8. The van der Waals surface area contributed by atoms with Crippen molar-refractivity contribution in [3.05, 3.63) is 23.8 Å². The first-order valence-electron chi connectivity index (χ1n) is 6.68. The number of carbonyl (C=O) groups excluding carboxylic acids is 1. The molecule has 1 aromatic rings. The second-order valence-electron chi connectivity index (χ2n) is 4.19. The number of aliphatic hydroxyl groups excluding tert-OH is 1. The third-order valence-corrected chi connectivity index (χ3v) is 2.50. The number of amides is 1. The van der Waals surface area contributed by atoms with Gasteiger partial charge in [0.05, 0.1) is 32.1 Å². The monoisotopic (exact) mass is 282 g/mol. The topological polar surface area (TPSA) is 93.8 Å². The van der Waals surface area contributed by atoms with Crippen molar-refractivity contribution in [3.8, 4) is 5.75 Å². The van der Waals surface area contributed by atoms with Crippen molar-refractivity contribution in [1.29, 1.82) is 0 Å². The normalized spacial score (nSPS) is 10.3. The molecule has 0 atom stereocenters. The van der Waals surface area contributed by atoms with Crippen LogP contribution in [0.25, 0.3) is 0 Å². The molecule has 6 heteroatoms. The zero-order valence-electron chi connectivity index (χ0n) is 11.7. The first-order valence-corrected chi connectivity index (χ1v) is 6.68. The van der Waals surface area contributed by atoms with Gasteiger partial charge in [-0.25, -0.2) is 0 Å². The molecule has 0 saturated heterocycles. The van der Waals surface area contributed by atoms with E-state index in [1.165, 1.54) is 0 Å². The van der Waals surface area contributed by atoms with Crippen molar-refractivity contribution in [2.75, 3.05) is 38.7 Å². The van der Waals surface area contributed by atoms with E-state index in [0.717, 1.165) is 6.42 Å². The highest BCUT2D eigenvalue weighted by Crippen LogP contribution is 2.22. The number of aliphatic hydroxyl groups is 1. The minimum Gasteiger partial charge on any atom is -0.491 e. The molecule has 0 unspecified atom stereocenters. The van der Waals surface area contributed by atoms with E-state index in [-0.39, 0.29) is 19.1 Å². The molecule has 0 spiro atoms. The van der Waals surface area contributed by atoms with Gasteiger partial charge in [-0.2, -0.15) is 0 Å². The molecular formula is C14H22N2O4. The third-order valence-electron chi connectivity index (χ3n) is 2.50. The average molecular weight is 282 g/mol. The van der Waals surface area contributed by atoms with Crippen LogP contribution >= 0.6 is 0 Å². The van der Waals surface area contributed by atoms with Crippen LogP contribution in [0.1, 0.15) is 23.7 Å². The van der Waals surface area contributed by atoms with Gasteiger partial charge in [-0.3, -0.25) is 4.79 Å². The van der Waals surface area contributed by atoms with Crippen LogP contribution in [0.15, 0.2) is 18.2 Å². The number of hydrogen-bond acceptors (Lipinski definition) is 5. The SMILES string of the molecule is CCCOc1ccc(C(=O)NCCOCCO)cc1N. The first-order chi connectivity index (χ1) is 9.69. The maximum Gasteiger partial charge on any atom is 0.251 e. The predicted octanol–water partition coefficient (Wildman–Crippen LogP) is 0.796. The van der Waals surface area contributed by atoms with Crippen molar-refractivity contribution >= 4 is 11.6 Å². The molecule has 0 bridgehead atoms. The Bertz CT molecular complexity index is 424. The summed E-state index contributed by atoms with van der Waals surface area (Å²) in [5.41, 5.74) is 6.76. The summed E-state index contributed by atoms with van der Waals surface area (Å²) in [7, 11) is 0. The standard InChI is InChI=1S/C14H22N2O4/c1-2-7-20-13-4-3-11(10-12(13)15)14(18)16-5-8-19-9-6-17/h3-4,10,17H,2,5-9,15H2,1H3,(H,16,18). The quantitative estimate of drug-likeness (QED) is 0.460. The molecule has 0 aromatic heterocycles. The summed E-state index contributed by atoms with van der Waals surface area (Å²) in [4.78, 5) is 11.8. The molecule has 0 aliphatic carbocycles. The molecule has 1 amide bonds. The van der Waals surface area contributed by atoms with Crippen LogP contribution in [0.5, 0.6) is 5.75 Å². The molecule has 0 radical (unpaired) electrons. The molecule has 6 nitrogen and oxygen atoms in total. The van der Waals surface area contributed by atoms with Crippen molar-refractivity contribution in [3.63, 3.8) is 0 Å². The molecule has 0 fully saturated rings. The van der Waals surface area contributed by atoms with E-state index in [1.807, 2.05) is 6.92 Å². The number of anilines is 1. The molecule has 0 aliphatic rings. The van der Waals surface area contributed by atoms with Gasteiger partial charge < -0.3 is 25.6 Å². The van der Waals surface area contributed by atoms with Crippen LogP contribution in [0.3, 0.4) is 0 Å². The van der Waals surface area contributed by atoms with Crippen LogP contribution < -0.4 is 15.8 Å². The molecule has 0 saturated carbocycles. The van der Waals surface area contributed by atoms with Gasteiger partial charge in [0.1, 0.15) is 5.75 Å². The zero-order chi connectivity index (χ0) is 14.8. The van der Waals surface area contributed by atoms with Crippen molar-refractivity contribution in [2.24, 2.45) is 0 Å². The molecule has 20 heavy (non-hydrogen) atoms. The van der Waals surface area contributed by atoms with Crippen LogP contribution in [0, 0.1) is 0 Å². The number of carbonyl (C=O) groups is 1. The molecule has 1 rings (SSSR count). The van der Waals surface area contributed by atoms with Crippen LogP contribution in [0.2, 0.25) is 0 Å². The third kappa shape index (κ3) is 5.46. The fraction of sp³-hybridized carbons (Fsp3) is 0.500. The highest BCUT2D eigenvalue weighted by molar-refractivity contribution is 5.95. The number of hydrogen-bond donors (Lipinski definition) is 3. The average Bonchev–Trinajstić information content (AvgIpc) is 2.45. The first kappa shape index (κ1) is 16.3. The van der Waals surface area contributed by atoms with Gasteiger partial charge in [-0.15, -0.1) is 0 Å². The molecule has 0 aliphatic heterocycles. The van der Waals surface area contributed by atoms with E-state index in [1.54, 1.807) is 18.2 Å². The Morgan fingerprint density at radius 2 is 2.15 bits per heavy atom. The molecule has 1 aromatic carbocycles. The van der Waals surface area contributed by atoms with Gasteiger partial charge in [0.25, 0.3) is 5.91 Å². The molecular weight excluding hydrogens is 260 g/mol. The van der Waals surface area contributed by atoms with Gasteiger partial charge in [0.2, 0.25) is 0 Å². The fourth-order valence-corrected chi connectivity index (χ4v) is 1.54. The van der Waals surface area contributed by atoms with Gasteiger partial charge in [0.15, 0.2) is 0 Å². The van der Waals surface area contributed by atoms with E-state index < -0.39 is 0 Å². The Kier molecular flexibility index (Phi) is 7.46. The summed E-state index contributed by atoms with van der Waals surface area (Å²) >= 11 is 0. The summed E-state index contributed by atoms with van der Waals surface area (Å²) in [6.07, 6.45) is 0.898. The second-order valence-corrected chi connectivity index (χ2v) is 4.19. The van der Waals surface area contributed by atoms with Crippen LogP contribution in [0.4, 0.5) is 5.69 Å². The number of nitrogens with two attached hydrogens (primary N) is 1. The predicted molar refractivity (Wildman–Crippen MR) is 76.9 cm³/mol. The van der Waals surface area contributed by atoms with Crippen molar-refractivity contribution in [1.82, 2.24) is 5.32 Å². The number of rotatable bonds is 9. The number of nitrogens with one attached hydrogen (secondary N) is 1. The molecule has 112 valence electrons. The van der Waals surface area contributed by atoms with E-state index in [4.69, 9.17) is 20.3 Å². The van der Waals surface area contributed by atoms with Gasteiger partial charge >= 0.3 is 0 Å². The lowest BCUT2D eigenvalue weighted by Gasteiger charge is -2.10. The lowest BCUT2D eigenvalue weighted by atomic mass is 10.1. The summed E-state index contributed by atoms with van der Waals surface area (Å²) < 4.78 is 10.5. The zero-order valence-corrected chi connectivity index (χ0v) is 11.7. The minimum atomic E-state index is -0.216. The second kappa shape index (κ2) is 9.17. The number of nitrogen functional groups attached to an aromatic ring is 1. The lowest BCUT2D eigenvalue weighted by Crippen LogP contribution is -2.27. The lowest BCUT2D eigenvalue weighted by molar-refractivity contribution is 0.0838. The van der Waals surface area contributed by atoms with E-state index in [0.29, 0.717) is 36.8 Å². The van der Waals surface area contributed by atoms with E-state index in [9.17, 15) is 4.79 Å². The largest absolute Gasteiger partial charge is 0.491 e. The molecule has 0 heterocycles. The van der Waals surface area contributed by atoms with Crippen molar-refractivity contribution < 1.29 is 19.4 Å². The smallest absolute Gasteiger partial charge is 0.251 e. The Balaban J connectivity index is 2.46. The maximum absolute atomic E-state index is 11.8. The highest BCUT2D eigenvalue weighted by atomic mass is 16.5. The number of ether oxygens (including phenoxy) is 2. The van der Waals surface area contributed by atoms with Gasteiger partial charge in [-0.05, 0) is 24.6 Å². The van der Waals surface area contributed by atoms with E-state index >= 15 is 0 Å².